The maximum Gasteiger partial charge on any atom is 0.296 e. The number of nitrogens with zero attached hydrogens (tertiary/aromatic N) is 2. The fourth-order valence-corrected chi connectivity index (χ4v) is 2.75. The number of carbonyl (C=O) groups is 1. The lowest BCUT2D eigenvalue weighted by molar-refractivity contribution is -0.116. The smallest absolute Gasteiger partial charge is 0.282 e. The molecule has 1 aromatic carbocycles. The van der Waals surface area contributed by atoms with Gasteiger partial charge in [-0.2, -0.15) is 18.5 Å². The van der Waals surface area contributed by atoms with Crippen molar-refractivity contribution in [3.63, 3.8) is 0 Å². The highest BCUT2D eigenvalue weighted by Gasteiger charge is 2.25. The summed E-state index contributed by atoms with van der Waals surface area (Å²) in [6.45, 7) is 0. The number of amides is 1. The average Bonchev–Trinajstić information content (AvgIpc) is 2.62. The van der Waals surface area contributed by atoms with E-state index in [4.69, 9.17) is 27.8 Å². The van der Waals surface area contributed by atoms with E-state index in [1.807, 2.05) is 0 Å². The summed E-state index contributed by atoms with van der Waals surface area (Å²) < 4.78 is 31.2. The third-order valence-corrected chi connectivity index (χ3v) is 3.83. The van der Waals surface area contributed by atoms with Crippen LogP contribution in [0, 0.1) is 0 Å². The first-order valence-corrected chi connectivity index (χ1v) is 6.82. The zero-order valence-electron chi connectivity index (χ0n) is 8.67. The normalized spacial score (nSPS) is 15.5. The van der Waals surface area contributed by atoms with Crippen LogP contribution in [-0.2, 0) is 14.9 Å². The first-order valence-electron chi connectivity index (χ1n) is 4.62. The molecule has 18 heavy (non-hydrogen) atoms. The molecular weight excluding hydrogens is 303 g/mol. The molecule has 0 aliphatic carbocycles. The highest BCUT2D eigenvalue weighted by Crippen LogP contribution is 2.35. The lowest BCUT2D eigenvalue weighted by Crippen LogP contribution is -2.20. The summed E-state index contributed by atoms with van der Waals surface area (Å²) in [5.41, 5.74) is 0.0486. The van der Waals surface area contributed by atoms with E-state index in [2.05, 4.69) is 5.10 Å². The van der Waals surface area contributed by atoms with Crippen molar-refractivity contribution in [2.24, 2.45) is 5.10 Å². The number of halogens is 2. The van der Waals surface area contributed by atoms with Crippen molar-refractivity contribution in [3.05, 3.63) is 22.2 Å². The maximum absolute atomic E-state index is 11.5. The minimum absolute atomic E-state index is 0.0486. The molecule has 2 rings (SSSR count). The van der Waals surface area contributed by atoms with Crippen LogP contribution in [0.3, 0.4) is 0 Å². The van der Waals surface area contributed by atoms with Crippen molar-refractivity contribution >= 4 is 51.1 Å². The zero-order chi connectivity index (χ0) is 13.5. The molecule has 0 fully saturated rings. The topological polar surface area (TPSA) is 87.0 Å². The van der Waals surface area contributed by atoms with Crippen molar-refractivity contribution < 1.29 is 17.8 Å². The Bertz CT molecular complexity index is 657. The van der Waals surface area contributed by atoms with Gasteiger partial charge in [0.1, 0.15) is 4.90 Å². The second-order valence-corrected chi connectivity index (χ2v) is 5.62. The van der Waals surface area contributed by atoms with E-state index in [-0.39, 0.29) is 28.1 Å². The molecule has 0 saturated carbocycles. The highest BCUT2D eigenvalue weighted by atomic mass is 35.5. The number of hydrazone groups is 1. The van der Waals surface area contributed by atoms with Crippen LogP contribution in [0.5, 0.6) is 0 Å². The van der Waals surface area contributed by atoms with Gasteiger partial charge in [-0.15, -0.1) is 0 Å². The van der Waals surface area contributed by atoms with Crippen molar-refractivity contribution in [2.75, 3.05) is 5.01 Å². The molecule has 1 heterocycles. The minimum atomic E-state index is -4.50. The molecule has 0 saturated heterocycles. The van der Waals surface area contributed by atoms with Crippen molar-refractivity contribution in [3.8, 4) is 0 Å². The van der Waals surface area contributed by atoms with Gasteiger partial charge < -0.3 is 0 Å². The van der Waals surface area contributed by atoms with E-state index < -0.39 is 15.0 Å². The van der Waals surface area contributed by atoms with Crippen LogP contribution in [-0.4, -0.2) is 25.1 Å². The van der Waals surface area contributed by atoms with E-state index >= 15 is 0 Å². The third kappa shape index (κ3) is 2.35. The van der Waals surface area contributed by atoms with Gasteiger partial charge in [-0.05, 0) is 12.1 Å². The number of rotatable bonds is 2. The highest BCUT2D eigenvalue weighted by molar-refractivity contribution is 7.86. The van der Waals surface area contributed by atoms with Gasteiger partial charge in [-0.25, -0.2) is 0 Å². The summed E-state index contributed by atoms with van der Waals surface area (Å²) in [6.07, 6.45) is 1.46. The van der Waals surface area contributed by atoms with Crippen LogP contribution in [0.2, 0.25) is 10.0 Å². The number of benzene rings is 1. The fraction of sp³-hybridized carbons (Fsp3) is 0.111. The molecule has 0 radical (unpaired) electrons. The summed E-state index contributed by atoms with van der Waals surface area (Å²) in [5.74, 6) is -0.361. The number of hydrogen-bond acceptors (Lipinski definition) is 4. The Hall–Kier alpha value is -1.15. The Morgan fingerprint density at radius 2 is 1.94 bits per heavy atom. The molecule has 0 bridgehead atoms. The molecule has 1 N–H and O–H groups in total. The summed E-state index contributed by atoms with van der Waals surface area (Å²) in [5, 5.41) is 4.53. The van der Waals surface area contributed by atoms with Gasteiger partial charge in [0, 0.05) is 6.21 Å². The predicted molar refractivity (Wildman–Crippen MR) is 66.9 cm³/mol. The second-order valence-electron chi connectivity index (χ2n) is 3.42. The summed E-state index contributed by atoms with van der Waals surface area (Å²) in [7, 11) is -4.50. The lowest BCUT2D eigenvalue weighted by Gasteiger charge is -2.15. The van der Waals surface area contributed by atoms with E-state index in [0.29, 0.717) is 0 Å². The Balaban J connectivity index is 2.62. The fourth-order valence-electron chi connectivity index (χ4n) is 1.43. The first-order chi connectivity index (χ1) is 8.30. The molecule has 0 aromatic heterocycles. The largest absolute Gasteiger partial charge is 0.296 e. The Morgan fingerprint density at radius 1 is 1.28 bits per heavy atom. The lowest BCUT2D eigenvalue weighted by atomic mass is 10.3. The van der Waals surface area contributed by atoms with Gasteiger partial charge in [0.05, 0.1) is 22.2 Å². The standard InChI is InChI=1S/C9H6Cl2N2O4S/c10-5-3-6(11)8(18(15,16)17)4-7(5)13-9(14)1-2-12-13/h2-4H,1H2,(H,15,16,17). The molecule has 1 amide bonds. The van der Waals surface area contributed by atoms with E-state index in [1.165, 1.54) is 6.21 Å². The zero-order valence-corrected chi connectivity index (χ0v) is 11.0. The van der Waals surface area contributed by atoms with Crippen LogP contribution in [0.1, 0.15) is 6.42 Å². The van der Waals surface area contributed by atoms with Gasteiger partial charge >= 0.3 is 0 Å². The number of anilines is 1. The first kappa shape index (κ1) is 13.3. The minimum Gasteiger partial charge on any atom is -0.282 e. The van der Waals surface area contributed by atoms with Crippen LogP contribution in [0.15, 0.2) is 22.1 Å². The molecule has 1 aliphatic rings. The van der Waals surface area contributed by atoms with Crippen LogP contribution < -0.4 is 5.01 Å². The molecule has 1 aromatic rings. The quantitative estimate of drug-likeness (QED) is 0.846. The Morgan fingerprint density at radius 3 is 2.44 bits per heavy atom. The third-order valence-electron chi connectivity index (χ3n) is 2.21. The number of carbonyl (C=O) groups excluding carboxylic acids is 1. The Labute approximate surface area is 113 Å². The molecule has 9 heteroatoms. The van der Waals surface area contributed by atoms with Crippen LogP contribution in [0.25, 0.3) is 0 Å². The van der Waals surface area contributed by atoms with Gasteiger partial charge in [0.2, 0.25) is 0 Å². The van der Waals surface area contributed by atoms with E-state index in [0.717, 1.165) is 17.1 Å². The molecule has 0 unspecified atom stereocenters. The molecular formula is C9H6Cl2N2O4S. The van der Waals surface area contributed by atoms with Crippen molar-refractivity contribution in [1.29, 1.82) is 0 Å². The number of hydrogen-bond donors (Lipinski definition) is 1. The van der Waals surface area contributed by atoms with Gasteiger partial charge in [0.25, 0.3) is 16.0 Å². The van der Waals surface area contributed by atoms with Gasteiger partial charge in [-0.1, -0.05) is 23.2 Å². The molecule has 0 atom stereocenters. The molecule has 0 spiro atoms. The van der Waals surface area contributed by atoms with Gasteiger partial charge in [-0.3, -0.25) is 9.35 Å². The van der Waals surface area contributed by atoms with Crippen molar-refractivity contribution in [1.82, 2.24) is 0 Å². The van der Waals surface area contributed by atoms with Gasteiger partial charge in [0.15, 0.2) is 0 Å². The monoisotopic (exact) mass is 308 g/mol. The predicted octanol–water partition coefficient (Wildman–Crippen LogP) is 1.96. The average molecular weight is 309 g/mol. The SMILES string of the molecule is O=C1CC=NN1c1cc(S(=O)(=O)O)c(Cl)cc1Cl. The summed E-state index contributed by atoms with van der Waals surface area (Å²) >= 11 is 11.5. The molecule has 96 valence electrons. The van der Waals surface area contributed by atoms with Crippen LogP contribution >= 0.6 is 23.2 Å². The Kier molecular flexibility index (Phi) is 3.33. The molecule has 6 nitrogen and oxygen atoms in total. The van der Waals surface area contributed by atoms with E-state index in [9.17, 15) is 13.2 Å². The maximum atomic E-state index is 11.5. The van der Waals surface area contributed by atoms with E-state index in [1.54, 1.807) is 0 Å². The summed E-state index contributed by atoms with van der Waals surface area (Å²) in [6, 6.07) is 2.13. The second kappa shape index (κ2) is 4.51. The van der Waals surface area contributed by atoms with Crippen molar-refractivity contribution in [2.45, 2.75) is 11.3 Å². The molecule has 1 aliphatic heterocycles. The van der Waals surface area contributed by atoms with Crippen LogP contribution in [0.4, 0.5) is 5.69 Å². The summed E-state index contributed by atoms with van der Waals surface area (Å²) in [4.78, 5) is 10.9.